The third-order valence-electron chi connectivity index (χ3n) is 5.64. The molecule has 156 valence electrons. The first-order chi connectivity index (χ1) is 15.2. The predicted molar refractivity (Wildman–Crippen MR) is 116 cm³/mol. The molecule has 7 nitrogen and oxygen atoms in total. The lowest BCUT2D eigenvalue weighted by Crippen LogP contribution is -2.34. The van der Waals surface area contributed by atoms with Gasteiger partial charge in [0.2, 0.25) is 5.91 Å². The van der Waals surface area contributed by atoms with Crippen LogP contribution in [0.2, 0.25) is 0 Å². The van der Waals surface area contributed by atoms with Crippen LogP contribution in [-0.2, 0) is 11.2 Å². The topological polar surface area (TPSA) is 84.4 Å². The highest BCUT2D eigenvalue weighted by molar-refractivity contribution is 5.99. The largest absolute Gasteiger partial charge is 0.488 e. The van der Waals surface area contributed by atoms with Gasteiger partial charge in [0.05, 0.1) is 18.4 Å². The van der Waals surface area contributed by atoms with Crippen LogP contribution in [0.25, 0.3) is 11.3 Å². The SMILES string of the molecule is O=C(NCC1Cc2cc(-c3cnccn3)ccc2O1)c1cccc(N2CCCC2=O)c1. The summed E-state index contributed by atoms with van der Waals surface area (Å²) in [6, 6.07) is 13.2. The number of hydrogen-bond donors (Lipinski definition) is 1. The minimum atomic E-state index is -0.173. The Bertz CT molecular complexity index is 1130. The Morgan fingerprint density at radius 1 is 1.19 bits per heavy atom. The van der Waals surface area contributed by atoms with Crippen LogP contribution in [0.5, 0.6) is 5.75 Å². The fourth-order valence-corrected chi connectivity index (χ4v) is 4.09. The van der Waals surface area contributed by atoms with Crippen molar-refractivity contribution in [1.29, 1.82) is 0 Å². The summed E-state index contributed by atoms with van der Waals surface area (Å²) in [7, 11) is 0. The summed E-state index contributed by atoms with van der Waals surface area (Å²) < 4.78 is 6.00. The number of hydrogen-bond acceptors (Lipinski definition) is 5. The molecule has 2 amide bonds. The van der Waals surface area contributed by atoms with Crippen LogP contribution in [0.3, 0.4) is 0 Å². The molecule has 0 aliphatic carbocycles. The fraction of sp³-hybridized carbons (Fsp3) is 0.250. The maximum Gasteiger partial charge on any atom is 0.251 e. The van der Waals surface area contributed by atoms with Crippen molar-refractivity contribution in [2.24, 2.45) is 0 Å². The van der Waals surface area contributed by atoms with E-state index in [1.165, 1.54) is 0 Å². The standard InChI is InChI=1S/C24H22N4O3/c29-23-5-2-10-28(23)19-4-1-3-17(12-19)24(30)27-14-20-13-18-11-16(6-7-22(18)31-20)21-15-25-8-9-26-21/h1,3-4,6-9,11-12,15,20H,2,5,10,13-14H2,(H,27,30). The van der Waals surface area contributed by atoms with Crippen LogP contribution in [0.15, 0.2) is 61.1 Å². The van der Waals surface area contributed by atoms with Gasteiger partial charge in [-0.15, -0.1) is 0 Å². The number of amides is 2. The number of carbonyl (C=O) groups is 2. The first kappa shape index (κ1) is 19.2. The van der Waals surface area contributed by atoms with E-state index in [0.29, 0.717) is 31.5 Å². The number of carbonyl (C=O) groups excluding carboxylic acids is 2. The van der Waals surface area contributed by atoms with Crippen LogP contribution in [-0.4, -0.2) is 41.0 Å². The molecule has 1 aromatic heterocycles. The Kier molecular flexibility index (Phi) is 5.08. The minimum Gasteiger partial charge on any atom is -0.488 e. The van der Waals surface area contributed by atoms with Gasteiger partial charge in [0.1, 0.15) is 11.9 Å². The molecule has 1 fully saturated rings. The van der Waals surface area contributed by atoms with Crippen molar-refractivity contribution in [3.63, 3.8) is 0 Å². The monoisotopic (exact) mass is 414 g/mol. The van der Waals surface area contributed by atoms with Crippen molar-refractivity contribution in [1.82, 2.24) is 15.3 Å². The van der Waals surface area contributed by atoms with Gasteiger partial charge in [-0.3, -0.25) is 19.6 Å². The second-order valence-electron chi connectivity index (χ2n) is 7.77. The second kappa shape index (κ2) is 8.18. The van der Waals surface area contributed by atoms with E-state index < -0.39 is 0 Å². The average molecular weight is 414 g/mol. The van der Waals surface area contributed by atoms with Gasteiger partial charge in [-0.2, -0.15) is 0 Å². The third-order valence-corrected chi connectivity index (χ3v) is 5.64. The summed E-state index contributed by atoms with van der Waals surface area (Å²) in [6.07, 6.45) is 7.07. The zero-order valence-corrected chi connectivity index (χ0v) is 17.0. The molecule has 2 aliphatic rings. The number of rotatable bonds is 5. The van der Waals surface area contributed by atoms with Crippen LogP contribution in [0, 0.1) is 0 Å². The summed E-state index contributed by atoms with van der Waals surface area (Å²) >= 11 is 0. The lowest BCUT2D eigenvalue weighted by atomic mass is 10.0. The quantitative estimate of drug-likeness (QED) is 0.694. The molecule has 2 aromatic carbocycles. The molecule has 31 heavy (non-hydrogen) atoms. The maximum atomic E-state index is 12.7. The molecule has 5 rings (SSSR count). The summed E-state index contributed by atoms with van der Waals surface area (Å²) in [6.45, 7) is 1.11. The summed E-state index contributed by atoms with van der Waals surface area (Å²) in [5.74, 6) is 0.769. The van der Waals surface area contributed by atoms with Crippen molar-refractivity contribution in [2.75, 3.05) is 18.0 Å². The molecule has 1 N–H and O–H groups in total. The summed E-state index contributed by atoms with van der Waals surface area (Å²) in [4.78, 5) is 34.9. The van der Waals surface area contributed by atoms with E-state index in [-0.39, 0.29) is 17.9 Å². The molecular weight excluding hydrogens is 392 g/mol. The molecule has 0 bridgehead atoms. The van der Waals surface area contributed by atoms with Gasteiger partial charge in [-0.05, 0) is 48.4 Å². The first-order valence-electron chi connectivity index (χ1n) is 10.4. The van der Waals surface area contributed by atoms with Crippen LogP contribution in [0.4, 0.5) is 5.69 Å². The van der Waals surface area contributed by atoms with E-state index in [1.807, 2.05) is 24.3 Å². The number of aromatic nitrogens is 2. The fourth-order valence-electron chi connectivity index (χ4n) is 4.09. The Labute approximate surface area is 180 Å². The van der Waals surface area contributed by atoms with Gasteiger partial charge in [0.15, 0.2) is 0 Å². The smallest absolute Gasteiger partial charge is 0.251 e. The van der Waals surface area contributed by atoms with Gasteiger partial charge >= 0.3 is 0 Å². The van der Waals surface area contributed by atoms with Gasteiger partial charge in [-0.1, -0.05) is 6.07 Å². The normalized spacial score (nSPS) is 17.4. The zero-order chi connectivity index (χ0) is 21.2. The maximum absolute atomic E-state index is 12.7. The Morgan fingerprint density at radius 3 is 2.94 bits per heavy atom. The average Bonchev–Trinajstić information content (AvgIpc) is 3.43. The third kappa shape index (κ3) is 3.99. The van der Waals surface area contributed by atoms with Gasteiger partial charge < -0.3 is 15.0 Å². The van der Waals surface area contributed by atoms with Crippen molar-refractivity contribution in [3.8, 4) is 17.0 Å². The Hall–Kier alpha value is -3.74. The van der Waals surface area contributed by atoms with E-state index in [1.54, 1.807) is 35.6 Å². The zero-order valence-electron chi connectivity index (χ0n) is 17.0. The van der Waals surface area contributed by atoms with Crippen LogP contribution in [0.1, 0.15) is 28.8 Å². The molecule has 0 spiro atoms. The van der Waals surface area contributed by atoms with E-state index >= 15 is 0 Å². The van der Waals surface area contributed by atoms with E-state index in [9.17, 15) is 9.59 Å². The number of nitrogens with one attached hydrogen (secondary N) is 1. The van der Waals surface area contributed by atoms with Crippen molar-refractivity contribution in [3.05, 3.63) is 72.2 Å². The minimum absolute atomic E-state index is 0.107. The lowest BCUT2D eigenvalue weighted by Gasteiger charge is -2.17. The first-order valence-corrected chi connectivity index (χ1v) is 10.4. The Morgan fingerprint density at radius 2 is 2.13 bits per heavy atom. The van der Waals surface area contributed by atoms with Crippen LogP contribution >= 0.6 is 0 Å². The molecule has 0 saturated carbocycles. The number of benzene rings is 2. The number of fused-ring (bicyclic) bond motifs is 1. The number of anilines is 1. The van der Waals surface area contributed by atoms with Gasteiger partial charge in [-0.25, -0.2) is 0 Å². The second-order valence-corrected chi connectivity index (χ2v) is 7.77. The molecule has 1 atom stereocenters. The molecule has 3 aromatic rings. The molecule has 3 heterocycles. The van der Waals surface area contributed by atoms with E-state index in [2.05, 4.69) is 21.4 Å². The Balaban J connectivity index is 1.21. The van der Waals surface area contributed by atoms with Crippen molar-refractivity contribution < 1.29 is 14.3 Å². The molecule has 2 aliphatic heterocycles. The molecule has 1 saturated heterocycles. The van der Waals surface area contributed by atoms with Gasteiger partial charge in [0.25, 0.3) is 5.91 Å². The highest BCUT2D eigenvalue weighted by Crippen LogP contribution is 2.32. The molecule has 0 radical (unpaired) electrons. The van der Waals surface area contributed by atoms with Crippen molar-refractivity contribution in [2.45, 2.75) is 25.4 Å². The number of ether oxygens (including phenoxy) is 1. The molecular formula is C24H22N4O3. The highest BCUT2D eigenvalue weighted by Gasteiger charge is 2.25. The van der Waals surface area contributed by atoms with E-state index in [4.69, 9.17) is 4.74 Å². The van der Waals surface area contributed by atoms with Crippen molar-refractivity contribution >= 4 is 17.5 Å². The predicted octanol–water partition coefficient (Wildman–Crippen LogP) is 3.00. The molecule has 1 unspecified atom stereocenters. The highest BCUT2D eigenvalue weighted by atomic mass is 16.5. The summed E-state index contributed by atoms with van der Waals surface area (Å²) in [5, 5.41) is 2.96. The summed E-state index contributed by atoms with van der Waals surface area (Å²) in [5.41, 5.74) is 4.22. The molecule has 7 heteroatoms. The van der Waals surface area contributed by atoms with Crippen LogP contribution < -0.4 is 15.0 Å². The van der Waals surface area contributed by atoms with E-state index in [0.717, 1.165) is 34.7 Å². The number of nitrogens with zero attached hydrogens (tertiary/aromatic N) is 3. The lowest BCUT2D eigenvalue weighted by molar-refractivity contribution is -0.117. The van der Waals surface area contributed by atoms with Gasteiger partial charge in [0, 0.05) is 48.6 Å².